The molecule has 1 aliphatic rings. The molecule has 1 aromatic carbocycles. The van der Waals surface area contributed by atoms with Crippen LogP contribution in [-0.4, -0.2) is 56.2 Å². The zero-order chi connectivity index (χ0) is 12.8. The first kappa shape index (κ1) is 13.4. The highest BCUT2D eigenvalue weighted by atomic mass is 16.5. The van der Waals surface area contributed by atoms with Crippen molar-refractivity contribution in [1.82, 2.24) is 9.80 Å². The van der Waals surface area contributed by atoms with Gasteiger partial charge in [-0.25, -0.2) is 0 Å². The molecule has 1 aromatic rings. The van der Waals surface area contributed by atoms with Crippen molar-refractivity contribution >= 4 is 0 Å². The number of hydrogen-bond acceptors (Lipinski definition) is 3. The fourth-order valence-corrected chi connectivity index (χ4v) is 2.26. The Morgan fingerprint density at radius 2 is 1.83 bits per heavy atom. The minimum atomic E-state index is 0.817. The van der Waals surface area contributed by atoms with Crippen molar-refractivity contribution in [2.75, 3.05) is 46.4 Å². The molecule has 0 N–H and O–H groups in total. The highest BCUT2D eigenvalue weighted by Crippen LogP contribution is 2.16. The third kappa shape index (κ3) is 4.00. The van der Waals surface area contributed by atoms with Gasteiger partial charge in [0.25, 0.3) is 0 Å². The molecule has 100 valence electrons. The Morgan fingerprint density at radius 1 is 1.11 bits per heavy atom. The molecule has 1 fully saturated rings. The van der Waals surface area contributed by atoms with E-state index in [4.69, 9.17) is 4.74 Å². The number of piperazine rings is 1. The average Bonchev–Trinajstić information content (AvgIpc) is 2.39. The fourth-order valence-electron chi connectivity index (χ4n) is 2.26. The minimum Gasteiger partial charge on any atom is -0.493 e. The molecule has 0 aromatic heterocycles. The highest BCUT2D eigenvalue weighted by molar-refractivity contribution is 5.31. The normalized spacial score (nSPS) is 17.9. The lowest BCUT2D eigenvalue weighted by Gasteiger charge is -2.32. The van der Waals surface area contributed by atoms with Crippen molar-refractivity contribution in [1.29, 1.82) is 0 Å². The highest BCUT2D eigenvalue weighted by Gasteiger charge is 2.12. The summed E-state index contributed by atoms with van der Waals surface area (Å²) in [6.45, 7) is 8.84. The van der Waals surface area contributed by atoms with Crippen molar-refractivity contribution in [2.24, 2.45) is 0 Å². The molecule has 0 aliphatic carbocycles. The third-order valence-corrected chi connectivity index (χ3v) is 3.57. The largest absolute Gasteiger partial charge is 0.493 e. The third-order valence-electron chi connectivity index (χ3n) is 3.57. The van der Waals surface area contributed by atoms with E-state index in [1.165, 1.54) is 31.7 Å². The van der Waals surface area contributed by atoms with Gasteiger partial charge in [-0.15, -0.1) is 0 Å². The van der Waals surface area contributed by atoms with Crippen molar-refractivity contribution in [3.63, 3.8) is 0 Å². The quantitative estimate of drug-likeness (QED) is 0.741. The van der Waals surface area contributed by atoms with Crippen molar-refractivity contribution in [3.05, 3.63) is 29.8 Å². The molecular weight excluding hydrogens is 224 g/mol. The lowest BCUT2D eigenvalue weighted by atomic mass is 10.2. The van der Waals surface area contributed by atoms with Gasteiger partial charge in [0.1, 0.15) is 5.75 Å². The summed E-state index contributed by atoms with van der Waals surface area (Å²) in [5.74, 6) is 1.02. The Labute approximate surface area is 110 Å². The van der Waals surface area contributed by atoms with Crippen LogP contribution in [0.5, 0.6) is 5.75 Å². The van der Waals surface area contributed by atoms with Crippen LogP contribution in [0.15, 0.2) is 24.3 Å². The van der Waals surface area contributed by atoms with Crippen LogP contribution in [0.4, 0.5) is 0 Å². The second-order valence-corrected chi connectivity index (χ2v) is 5.11. The molecule has 1 heterocycles. The lowest BCUT2D eigenvalue weighted by Crippen LogP contribution is -2.44. The molecule has 0 atom stereocenters. The van der Waals surface area contributed by atoms with E-state index in [9.17, 15) is 0 Å². The first-order chi connectivity index (χ1) is 8.75. The number of nitrogens with zero attached hydrogens (tertiary/aromatic N) is 2. The monoisotopic (exact) mass is 248 g/mol. The Kier molecular flexibility index (Phi) is 5.02. The maximum Gasteiger partial charge on any atom is 0.122 e. The summed E-state index contributed by atoms with van der Waals surface area (Å²) in [4.78, 5) is 4.92. The molecule has 2 rings (SSSR count). The molecule has 1 aliphatic heterocycles. The molecule has 18 heavy (non-hydrogen) atoms. The Morgan fingerprint density at radius 3 is 2.56 bits per heavy atom. The van der Waals surface area contributed by atoms with E-state index in [1.54, 1.807) is 0 Å². The van der Waals surface area contributed by atoms with E-state index >= 15 is 0 Å². The van der Waals surface area contributed by atoms with E-state index in [-0.39, 0.29) is 0 Å². The van der Waals surface area contributed by atoms with Gasteiger partial charge in [-0.2, -0.15) is 0 Å². The van der Waals surface area contributed by atoms with Gasteiger partial charge in [0, 0.05) is 32.7 Å². The van der Waals surface area contributed by atoms with Crippen molar-refractivity contribution in [2.45, 2.75) is 13.3 Å². The maximum atomic E-state index is 5.81. The molecule has 3 heteroatoms. The van der Waals surface area contributed by atoms with Gasteiger partial charge < -0.3 is 14.5 Å². The van der Waals surface area contributed by atoms with Gasteiger partial charge in [0.05, 0.1) is 6.61 Å². The molecule has 0 radical (unpaired) electrons. The molecule has 0 bridgehead atoms. The van der Waals surface area contributed by atoms with Gasteiger partial charge in [-0.3, -0.25) is 0 Å². The van der Waals surface area contributed by atoms with Crippen LogP contribution in [-0.2, 0) is 0 Å². The number of benzene rings is 1. The van der Waals surface area contributed by atoms with Crippen LogP contribution in [0.1, 0.15) is 12.0 Å². The Balaban J connectivity index is 1.63. The summed E-state index contributed by atoms with van der Waals surface area (Å²) in [7, 11) is 2.19. The summed E-state index contributed by atoms with van der Waals surface area (Å²) < 4.78 is 5.81. The molecule has 3 nitrogen and oxygen atoms in total. The zero-order valence-electron chi connectivity index (χ0n) is 11.6. The summed E-state index contributed by atoms with van der Waals surface area (Å²) in [6, 6.07) is 8.22. The van der Waals surface area contributed by atoms with Crippen molar-refractivity contribution in [3.8, 4) is 5.75 Å². The lowest BCUT2D eigenvalue weighted by molar-refractivity contribution is 0.145. The molecule has 0 saturated carbocycles. The van der Waals surface area contributed by atoms with Crippen LogP contribution in [0.2, 0.25) is 0 Å². The predicted octanol–water partition coefficient (Wildman–Crippen LogP) is 2.01. The van der Waals surface area contributed by atoms with E-state index in [0.717, 1.165) is 25.3 Å². The number of hydrogen-bond donors (Lipinski definition) is 0. The predicted molar refractivity (Wildman–Crippen MR) is 75.2 cm³/mol. The topological polar surface area (TPSA) is 15.7 Å². The Bertz CT molecular complexity index is 359. The smallest absolute Gasteiger partial charge is 0.122 e. The number of rotatable bonds is 5. The molecule has 0 unspecified atom stereocenters. The molecular formula is C15H24N2O. The minimum absolute atomic E-state index is 0.817. The number of para-hydroxylation sites is 1. The standard InChI is InChI=1S/C15H24N2O/c1-14-6-3-4-7-15(14)18-13-5-8-17-11-9-16(2)10-12-17/h3-4,6-7H,5,8-13H2,1-2H3. The summed E-state index contributed by atoms with van der Waals surface area (Å²) >= 11 is 0. The van der Waals surface area contributed by atoms with E-state index < -0.39 is 0 Å². The molecule has 0 amide bonds. The average molecular weight is 248 g/mol. The SMILES string of the molecule is Cc1ccccc1OCCCN1CCN(C)CC1. The fraction of sp³-hybridized carbons (Fsp3) is 0.600. The van der Waals surface area contributed by atoms with E-state index in [0.29, 0.717) is 0 Å². The number of aryl methyl sites for hydroxylation is 1. The van der Waals surface area contributed by atoms with Crippen LogP contribution in [0, 0.1) is 6.92 Å². The van der Waals surface area contributed by atoms with Gasteiger partial charge in [-0.1, -0.05) is 18.2 Å². The van der Waals surface area contributed by atoms with Crippen LogP contribution in [0.25, 0.3) is 0 Å². The first-order valence-electron chi connectivity index (χ1n) is 6.85. The first-order valence-corrected chi connectivity index (χ1v) is 6.85. The zero-order valence-corrected chi connectivity index (χ0v) is 11.6. The summed E-state index contributed by atoms with van der Waals surface area (Å²) in [5, 5.41) is 0. The second kappa shape index (κ2) is 6.76. The number of ether oxygens (including phenoxy) is 1. The Hall–Kier alpha value is -1.06. The van der Waals surface area contributed by atoms with E-state index in [2.05, 4.69) is 29.8 Å². The summed E-state index contributed by atoms with van der Waals surface area (Å²) in [6.07, 6.45) is 1.11. The van der Waals surface area contributed by atoms with E-state index in [1.807, 2.05) is 18.2 Å². The van der Waals surface area contributed by atoms with Crippen LogP contribution >= 0.6 is 0 Å². The van der Waals surface area contributed by atoms with Crippen LogP contribution in [0.3, 0.4) is 0 Å². The molecule has 1 saturated heterocycles. The van der Waals surface area contributed by atoms with Gasteiger partial charge in [0.2, 0.25) is 0 Å². The van der Waals surface area contributed by atoms with Gasteiger partial charge in [0.15, 0.2) is 0 Å². The van der Waals surface area contributed by atoms with Gasteiger partial charge >= 0.3 is 0 Å². The van der Waals surface area contributed by atoms with Crippen molar-refractivity contribution < 1.29 is 4.74 Å². The number of likely N-dealkylation sites (N-methyl/N-ethyl adjacent to an activating group) is 1. The van der Waals surface area contributed by atoms with Gasteiger partial charge in [-0.05, 0) is 32.0 Å². The van der Waals surface area contributed by atoms with Crippen LogP contribution < -0.4 is 4.74 Å². The second-order valence-electron chi connectivity index (χ2n) is 5.11. The molecule has 0 spiro atoms. The summed E-state index contributed by atoms with van der Waals surface area (Å²) in [5.41, 5.74) is 1.22. The maximum absolute atomic E-state index is 5.81.